The molecule has 2 nitrogen and oxygen atoms in total. The van der Waals surface area contributed by atoms with Gasteiger partial charge in [0.05, 0.1) is 6.20 Å². The highest BCUT2D eigenvalue weighted by Crippen LogP contribution is 2.20. The summed E-state index contributed by atoms with van der Waals surface area (Å²) in [4.78, 5) is 4.20. The molecule has 5 heteroatoms. The maximum absolute atomic E-state index is 5.85. The van der Waals surface area contributed by atoms with Crippen LogP contribution in [0.15, 0.2) is 30.5 Å². The van der Waals surface area contributed by atoms with Gasteiger partial charge in [-0.05, 0) is 24.6 Å². The topological polar surface area (TPSA) is 24.9 Å². The quantitative estimate of drug-likeness (QED) is 0.906. The molecule has 1 heterocycles. The van der Waals surface area contributed by atoms with Gasteiger partial charge in [0.2, 0.25) is 0 Å². The van der Waals surface area contributed by atoms with Gasteiger partial charge in [0, 0.05) is 17.6 Å². The molecule has 1 aromatic heterocycles. The number of nitrogens with one attached hydrogen (secondary N) is 1. The lowest BCUT2D eigenvalue weighted by molar-refractivity contribution is 0.573. The zero-order valence-electron chi connectivity index (χ0n) is 9.28. The van der Waals surface area contributed by atoms with Gasteiger partial charge < -0.3 is 5.32 Å². The largest absolute Gasteiger partial charge is 0.304 e. The lowest BCUT2D eigenvalue weighted by Gasteiger charge is -2.13. The van der Waals surface area contributed by atoms with E-state index in [-0.39, 0.29) is 6.04 Å². The lowest BCUT2D eigenvalue weighted by Crippen LogP contribution is -2.17. The summed E-state index contributed by atoms with van der Waals surface area (Å²) in [6.45, 7) is 2.83. The molecule has 2 rings (SSSR count). The van der Waals surface area contributed by atoms with Crippen LogP contribution >= 0.6 is 34.5 Å². The van der Waals surface area contributed by atoms with Gasteiger partial charge >= 0.3 is 0 Å². The van der Waals surface area contributed by atoms with E-state index in [1.54, 1.807) is 6.20 Å². The first kappa shape index (κ1) is 12.8. The Labute approximate surface area is 115 Å². The predicted molar refractivity (Wildman–Crippen MR) is 73.8 cm³/mol. The molecule has 0 spiro atoms. The molecule has 0 aliphatic carbocycles. The van der Waals surface area contributed by atoms with Crippen molar-refractivity contribution < 1.29 is 0 Å². The molecule has 1 aromatic carbocycles. The smallest absolute Gasteiger partial charge is 0.113 e. The number of rotatable bonds is 4. The van der Waals surface area contributed by atoms with Gasteiger partial charge in [-0.15, -0.1) is 11.3 Å². The summed E-state index contributed by atoms with van der Waals surface area (Å²) in [6.07, 6.45) is 1.68. The average Bonchev–Trinajstić information content (AvgIpc) is 2.73. The van der Waals surface area contributed by atoms with Crippen LogP contribution in [0.25, 0.3) is 0 Å². The minimum Gasteiger partial charge on any atom is -0.304 e. The monoisotopic (exact) mass is 286 g/mol. The third-order valence-corrected chi connectivity index (χ3v) is 3.82. The van der Waals surface area contributed by atoms with Crippen LogP contribution in [0, 0.1) is 0 Å². The Hall–Kier alpha value is -0.610. The molecule has 0 saturated heterocycles. The first-order valence-electron chi connectivity index (χ1n) is 5.24. The zero-order valence-corrected chi connectivity index (χ0v) is 11.6. The number of hydrogen-bond acceptors (Lipinski definition) is 3. The number of aromatic nitrogens is 1. The van der Waals surface area contributed by atoms with Gasteiger partial charge in [-0.2, -0.15) is 0 Å². The Morgan fingerprint density at radius 3 is 2.59 bits per heavy atom. The molecule has 0 bridgehead atoms. The summed E-state index contributed by atoms with van der Waals surface area (Å²) in [5.74, 6) is 0. The average molecular weight is 287 g/mol. The van der Waals surface area contributed by atoms with Crippen LogP contribution in [-0.4, -0.2) is 4.98 Å². The molecule has 0 aliphatic rings. The molecule has 90 valence electrons. The van der Waals surface area contributed by atoms with Crippen molar-refractivity contribution in [1.82, 2.24) is 10.3 Å². The first-order valence-corrected chi connectivity index (χ1v) is 6.81. The number of thiazole rings is 1. The Morgan fingerprint density at radius 2 is 2.00 bits per heavy atom. The number of nitrogens with zero attached hydrogens (tertiary/aromatic N) is 1. The molecule has 0 radical (unpaired) electrons. The molecule has 0 saturated carbocycles. The molecular weight excluding hydrogens is 275 g/mol. The van der Waals surface area contributed by atoms with E-state index in [0.717, 1.165) is 20.9 Å². The van der Waals surface area contributed by atoms with E-state index in [1.165, 1.54) is 16.9 Å². The van der Waals surface area contributed by atoms with Gasteiger partial charge in [-0.1, -0.05) is 35.3 Å². The highest BCUT2D eigenvalue weighted by molar-refractivity contribution is 7.15. The van der Waals surface area contributed by atoms with Gasteiger partial charge in [0.25, 0.3) is 0 Å². The van der Waals surface area contributed by atoms with Gasteiger partial charge in [-0.3, -0.25) is 0 Å². The molecule has 0 amide bonds. The van der Waals surface area contributed by atoms with Crippen molar-refractivity contribution in [2.45, 2.75) is 19.5 Å². The van der Waals surface area contributed by atoms with Crippen LogP contribution in [0.4, 0.5) is 0 Å². The first-order chi connectivity index (χ1) is 8.15. The van der Waals surface area contributed by atoms with Crippen LogP contribution in [0.3, 0.4) is 0 Å². The Balaban J connectivity index is 1.93. The van der Waals surface area contributed by atoms with E-state index in [0.29, 0.717) is 0 Å². The zero-order chi connectivity index (χ0) is 12.3. The van der Waals surface area contributed by atoms with E-state index >= 15 is 0 Å². The summed E-state index contributed by atoms with van der Waals surface area (Å²) in [5.41, 5.74) is 1.21. The minimum absolute atomic E-state index is 0.259. The van der Waals surface area contributed by atoms with E-state index < -0.39 is 0 Å². The normalized spacial score (nSPS) is 12.6. The molecule has 0 aliphatic heterocycles. The molecule has 0 fully saturated rings. The second-order valence-corrected chi connectivity index (χ2v) is 5.90. The summed E-state index contributed by atoms with van der Waals surface area (Å²) in [6, 6.07) is 8.10. The molecule has 2 aromatic rings. The van der Waals surface area contributed by atoms with Crippen LogP contribution in [0.5, 0.6) is 0 Å². The lowest BCUT2D eigenvalue weighted by atomic mass is 10.1. The van der Waals surface area contributed by atoms with Crippen molar-refractivity contribution in [2.75, 3.05) is 0 Å². The van der Waals surface area contributed by atoms with Crippen LogP contribution in [-0.2, 0) is 6.54 Å². The molecule has 1 N–H and O–H groups in total. The van der Waals surface area contributed by atoms with Crippen LogP contribution in [0.2, 0.25) is 9.36 Å². The SMILES string of the molecule is C[C@H](NCc1ncc(Cl)s1)c1ccc(Cl)cc1. The van der Waals surface area contributed by atoms with Gasteiger partial charge in [-0.25, -0.2) is 4.98 Å². The second kappa shape index (κ2) is 5.83. The number of hydrogen-bond donors (Lipinski definition) is 1. The number of benzene rings is 1. The van der Waals surface area contributed by atoms with E-state index in [2.05, 4.69) is 17.2 Å². The van der Waals surface area contributed by atoms with Gasteiger partial charge in [0.1, 0.15) is 9.34 Å². The third-order valence-electron chi connectivity index (χ3n) is 2.45. The van der Waals surface area contributed by atoms with Crippen molar-refractivity contribution in [3.63, 3.8) is 0 Å². The highest BCUT2D eigenvalue weighted by Gasteiger charge is 2.06. The third kappa shape index (κ3) is 3.68. The fourth-order valence-corrected chi connectivity index (χ4v) is 2.51. The summed E-state index contributed by atoms with van der Waals surface area (Å²) in [7, 11) is 0. The Kier molecular flexibility index (Phi) is 4.40. The molecule has 17 heavy (non-hydrogen) atoms. The maximum Gasteiger partial charge on any atom is 0.113 e. The standard InChI is InChI=1S/C12H12Cl2N2S/c1-8(9-2-4-10(13)5-3-9)15-7-12-16-6-11(14)17-12/h2-6,8,15H,7H2,1H3/t8-/m0/s1. The van der Waals surface area contributed by atoms with Crippen molar-refractivity contribution in [2.24, 2.45) is 0 Å². The van der Waals surface area contributed by atoms with Crippen LogP contribution in [0.1, 0.15) is 23.5 Å². The van der Waals surface area contributed by atoms with Crippen molar-refractivity contribution in [3.05, 3.63) is 50.4 Å². The Bertz CT molecular complexity index is 482. The summed E-state index contributed by atoms with van der Waals surface area (Å²) in [5, 5.41) is 5.15. The fraction of sp³-hybridized carbons (Fsp3) is 0.250. The summed E-state index contributed by atoms with van der Waals surface area (Å²) < 4.78 is 0.723. The van der Waals surface area contributed by atoms with Crippen molar-refractivity contribution >= 4 is 34.5 Å². The molecule has 0 unspecified atom stereocenters. The van der Waals surface area contributed by atoms with E-state index in [9.17, 15) is 0 Å². The van der Waals surface area contributed by atoms with E-state index in [1.807, 2.05) is 24.3 Å². The maximum atomic E-state index is 5.85. The van der Waals surface area contributed by atoms with Crippen LogP contribution < -0.4 is 5.32 Å². The second-order valence-electron chi connectivity index (χ2n) is 3.71. The minimum atomic E-state index is 0.259. The van der Waals surface area contributed by atoms with Gasteiger partial charge in [0.15, 0.2) is 0 Å². The summed E-state index contributed by atoms with van der Waals surface area (Å²) >= 11 is 13.2. The van der Waals surface area contributed by atoms with Crippen molar-refractivity contribution in [1.29, 1.82) is 0 Å². The number of halogens is 2. The molecule has 1 atom stereocenters. The fourth-order valence-electron chi connectivity index (χ4n) is 1.48. The predicted octanol–water partition coefficient (Wildman–Crippen LogP) is 4.30. The van der Waals surface area contributed by atoms with E-state index in [4.69, 9.17) is 23.2 Å². The Morgan fingerprint density at radius 1 is 1.29 bits per heavy atom. The highest BCUT2D eigenvalue weighted by atomic mass is 35.5. The van der Waals surface area contributed by atoms with Crippen molar-refractivity contribution in [3.8, 4) is 0 Å². The molecular formula is C12H12Cl2N2S.